The number of aromatic nitrogens is 3. The third-order valence-corrected chi connectivity index (χ3v) is 5.77. The fourth-order valence-corrected chi connectivity index (χ4v) is 4.01. The van der Waals surface area contributed by atoms with Crippen LogP contribution in [0.1, 0.15) is 34.9 Å². The number of nitrogens with zero attached hydrogens (tertiary/aromatic N) is 5. The van der Waals surface area contributed by atoms with Crippen LogP contribution >= 0.6 is 11.6 Å². The van der Waals surface area contributed by atoms with E-state index in [1.807, 2.05) is 54.4 Å². The number of rotatable bonds is 4. The maximum absolute atomic E-state index is 13.3. The summed E-state index contributed by atoms with van der Waals surface area (Å²) in [5, 5.41) is 0.656. The van der Waals surface area contributed by atoms with E-state index in [0.717, 1.165) is 29.7 Å². The smallest absolute Gasteiger partial charge is 0.255 e. The molecule has 7 nitrogen and oxygen atoms in total. The van der Waals surface area contributed by atoms with Crippen molar-refractivity contribution in [1.82, 2.24) is 19.4 Å². The molecule has 3 heterocycles. The number of carbonyl (C=O) groups excluding carboxylic acids is 1. The van der Waals surface area contributed by atoms with Crippen molar-refractivity contribution in [2.45, 2.75) is 18.9 Å². The first-order valence-corrected chi connectivity index (χ1v) is 10.5. The van der Waals surface area contributed by atoms with Crippen LogP contribution in [-0.2, 0) is 7.05 Å². The van der Waals surface area contributed by atoms with E-state index < -0.39 is 0 Å². The molecule has 160 valence electrons. The molecule has 1 aliphatic rings. The zero-order valence-corrected chi connectivity index (χ0v) is 18.5. The molecule has 0 N–H and O–H groups in total. The molecule has 4 rings (SSSR count). The van der Waals surface area contributed by atoms with Gasteiger partial charge in [-0.15, -0.1) is 0 Å². The largest absolute Gasteiger partial charge is 0.347 e. The van der Waals surface area contributed by atoms with Crippen LogP contribution in [0.15, 0.2) is 53.6 Å². The number of benzene rings is 1. The molecule has 1 aromatic carbocycles. The van der Waals surface area contributed by atoms with Crippen molar-refractivity contribution >= 4 is 23.5 Å². The highest BCUT2D eigenvalue weighted by Crippen LogP contribution is 2.38. The molecule has 1 amide bonds. The molecule has 3 aromatic rings. The molecule has 1 atom stereocenters. The predicted molar refractivity (Wildman–Crippen MR) is 121 cm³/mol. The van der Waals surface area contributed by atoms with Gasteiger partial charge in [-0.1, -0.05) is 23.7 Å². The molecule has 2 aromatic heterocycles. The second kappa shape index (κ2) is 8.51. The number of pyridine rings is 1. The normalized spacial score (nSPS) is 15.9. The zero-order valence-electron chi connectivity index (χ0n) is 17.7. The van der Waals surface area contributed by atoms with E-state index in [2.05, 4.69) is 4.98 Å². The Labute approximate surface area is 185 Å². The van der Waals surface area contributed by atoms with Gasteiger partial charge in [0.1, 0.15) is 0 Å². The SMILES string of the molecule is CN(C)c1ncc(-c2ccc(Cl)cc2)c(C2CCCN2C(=O)c2ccc(=O)n(C)c2)n1. The molecular weight excluding hydrogens is 414 g/mol. The van der Waals surface area contributed by atoms with Crippen LogP contribution < -0.4 is 10.5 Å². The summed E-state index contributed by atoms with van der Waals surface area (Å²) in [4.78, 5) is 38.1. The highest BCUT2D eigenvalue weighted by Gasteiger charge is 2.34. The van der Waals surface area contributed by atoms with Crippen LogP contribution in [0.5, 0.6) is 0 Å². The van der Waals surface area contributed by atoms with Crippen molar-refractivity contribution in [3.63, 3.8) is 0 Å². The summed E-state index contributed by atoms with van der Waals surface area (Å²) in [7, 11) is 5.43. The molecular formula is C23H24ClN5O2. The van der Waals surface area contributed by atoms with Gasteiger partial charge in [-0.25, -0.2) is 9.97 Å². The fourth-order valence-electron chi connectivity index (χ4n) is 3.89. The van der Waals surface area contributed by atoms with Crippen molar-refractivity contribution in [3.8, 4) is 11.1 Å². The van der Waals surface area contributed by atoms with Crippen LogP contribution in [-0.4, -0.2) is 46.0 Å². The standard InChI is InChI=1S/C23H24ClN5O2/c1-27(2)23-25-13-18(15-6-9-17(24)10-7-15)21(26-23)19-5-4-12-29(19)22(31)16-8-11-20(30)28(3)14-16/h6-11,13-14,19H,4-5,12H2,1-3H3. The quantitative estimate of drug-likeness (QED) is 0.624. The molecule has 1 aliphatic heterocycles. The molecule has 8 heteroatoms. The van der Waals surface area contributed by atoms with Gasteiger partial charge < -0.3 is 14.4 Å². The van der Waals surface area contributed by atoms with Crippen molar-refractivity contribution in [1.29, 1.82) is 0 Å². The molecule has 0 bridgehead atoms. The maximum Gasteiger partial charge on any atom is 0.255 e. The molecule has 0 spiro atoms. The van der Waals surface area contributed by atoms with Gasteiger partial charge in [-0.2, -0.15) is 0 Å². The van der Waals surface area contributed by atoms with E-state index >= 15 is 0 Å². The number of aryl methyl sites for hydroxylation is 1. The van der Waals surface area contributed by atoms with Gasteiger partial charge in [-0.3, -0.25) is 9.59 Å². The first-order chi connectivity index (χ1) is 14.8. The van der Waals surface area contributed by atoms with Gasteiger partial charge in [-0.05, 0) is 36.6 Å². The van der Waals surface area contributed by atoms with Crippen LogP contribution in [0.2, 0.25) is 5.02 Å². The first-order valence-electron chi connectivity index (χ1n) is 10.1. The number of amides is 1. The summed E-state index contributed by atoms with van der Waals surface area (Å²) in [6.45, 7) is 0.633. The Kier molecular flexibility index (Phi) is 5.78. The minimum Gasteiger partial charge on any atom is -0.347 e. The summed E-state index contributed by atoms with van der Waals surface area (Å²) in [6.07, 6.45) is 5.09. The lowest BCUT2D eigenvalue weighted by atomic mass is 9.99. The van der Waals surface area contributed by atoms with E-state index in [-0.39, 0.29) is 17.5 Å². The monoisotopic (exact) mass is 437 g/mol. The average Bonchev–Trinajstić information content (AvgIpc) is 3.25. The topological polar surface area (TPSA) is 71.3 Å². The summed E-state index contributed by atoms with van der Waals surface area (Å²) in [5.74, 6) is 0.485. The minimum absolute atomic E-state index is 0.106. The Morgan fingerprint density at radius 2 is 1.90 bits per heavy atom. The highest BCUT2D eigenvalue weighted by molar-refractivity contribution is 6.30. The van der Waals surface area contributed by atoms with Crippen LogP contribution in [0.4, 0.5) is 5.95 Å². The number of hydrogen-bond donors (Lipinski definition) is 0. The van der Waals surface area contributed by atoms with E-state index in [0.29, 0.717) is 23.1 Å². The highest BCUT2D eigenvalue weighted by atomic mass is 35.5. The number of hydrogen-bond acceptors (Lipinski definition) is 5. The third kappa shape index (κ3) is 4.18. The summed E-state index contributed by atoms with van der Waals surface area (Å²) < 4.78 is 1.42. The summed E-state index contributed by atoms with van der Waals surface area (Å²) in [5.41, 5.74) is 2.99. The zero-order chi connectivity index (χ0) is 22.1. The lowest BCUT2D eigenvalue weighted by Gasteiger charge is -2.27. The Morgan fingerprint density at radius 3 is 2.58 bits per heavy atom. The van der Waals surface area contributed by atoms with Crippen molar-refractivity contribution < 1.29 is 4.79 Å². The lowest BCUT2D eigenvalue weighted by molar-refractivity contribution is 0.0732. The van der Waals surface area contributed by atoms with Crippen molar-refractivity contribution in [3.05, 3.63) is 75.4 Å². The molecule has 1 saturated heterocycles. The summed E-state index contributed by atoms with van der Waals surface area (Å²) >= 11 is 6.07. The molecule has 1 unspecified atom stereocenters. The van der Waals surface area contributed by atoms with Gasteiger partial charge in [0, 0.05) is 56.7 Å². The molecule has 0 saturated carbocycles. The number of anilines is 1. The van der Waals surface area contributed by atoms with E-state index in [1.165, 1.54) is 10.6 Å². The van der Waals surface area contributed by atoms with Crippen LogP contribution in [0.3, 0.4) is 0 Å². The van der Waals surface area contributed by atoms with Gasteiger partial charge >= 0.3 is 0 Å². The molecule has 0 aliphatic carbocycles. The Morgan fingerprint density at radius 1 is 1.16 bits per heavy atom. The maximum atomic E-state index is 13.3. The molecule has 31 heavy (non-hydrogen) atoms. The predicted octanol–water partition coefficient (Wildman–Crippen LogP) is 3.54. The van der Waals surface area contributed by atoms with Gasteiger partial charge in [0.15, 0.2) is 0 Å². The minimum atomic E-state index is -0.183. The van der Waals surface area contributed by atoms with Crippen molar-refractivity contribution in [2.24, 2.45) is 7.05 Å². The third-order valence-electron chi connectivity index (χ3n) is 5.52. The number of halogens is 1. The number of likely N-dealkylation sites (tertiary alicyclic amines) is 1. The van der Waals surface area contributed by atoms with E-state index in [4.69, 9.17) is 16.6 Å². The number of carbonyl (C=O) groups is 1. The van der Waals surface area contributed by atoms with E-state index in [9.17, 15) is 9.59 Å². The lowest BCUT2D eigenvalue weighted by Crippen LogP contribution is -2.32. The van der Waals surface area contributed by atoms with Crippen LogP contribution in [0.25, 0.3) is 11.1 Å². The Bertz CT molecular complexity index is 1170. The molecule has 0 radical (unpaired) electrons. The van der Waals surface area contributed by atoms with Gasteiger partial charge in [0.2, 0.25) is 11.5 Å². The molecule has 1 fully saturated rings. The second-order valence-corrected chi connectivity index (χ2v) is 8.33. The second-order valence-electron chi connectivity index (χ2n) is 7.89. The van der Waals surface area contributed by atoms with E-state index in [1.54, 1.807) is 19.3 Å². The Balaban J connectivity index is 1.78. The summed E-state index contributed by atoms with van der Waals surface area (Å²) in [6, 6.07) is 10.4. The van der Waals surface area contributed by atoms with Crippen LogP contribution in [0, 0.1) is 0 Å². The van der Waals surface area contributed by atoms with Gasteiger partial charge in [0.05, 0.1) is 17.3 Å². The average molecular weight is 438 g/mol. The Hall–Kier alpha value is -3.19. The first kappa shape index (κ1) is 21.1. The van der Waals surface area contributed by atoms with Crippen molar-refractivity contribution in [2.75, 3.05) is 25.5 Å². The fraction of sp³-hybridized carbons (Fsp3) is 0.304. The van der Waals surface area contributed by atoms with Gasteiger partial charge in [0.25, 0.3) is 5.91 Å².